The summed E-state index contributed by atoms with van der Waals surface area (Å²) in [5.41, 5.74) is 6.44. The zero-order valence-electron chi connectivity index (χ0n) is 28.5. The first-order valence-corrected chi connectivity index (χ1v) is 17.6. The fourth-order valence-electron chi connectivity index (χ4n) is 6.85. The summed E-state index contributed by atoms with van der Waals surface area (Å²) in [6.07, 6.45) is 7.88. The number of rotatable bonds is 12. The van der Waals surface area contributed by atoms with Crippen LogP contribution in [-0.4, -0.2) is 17.7 Å². The molecule has 7 rings (SSSR count). The van der Waals surface area contributed by atoms with E-state index in [4.69, 9.17) is 14.2 Å². The van der Waals surface area contributed by atoms with Crippen LogP contribution in [-0.2, 0) is 19.8 Å². The standard InChI is InChI=1S/C44H43N3O3/c1-33(46-26-10-2-3-11-27-46)50-39-20-16-34(17-21-39)30-47-43-25-24-40(49-32-36-14-8-5-9-15-36)28-41(43)42(29-45)44(47)37-18-22-38(23-19-37)48-31-35-12-6-4-7-13-35/h4-10,12-26,28,33,42,44H,2-3,11,27,30-32H2,1H3. The van der Waals surface area contributed by atoms with Gasteiger partial charge in [0.2, 0.25) is 0 Å². The summed E-state index contributed by atoms with van der Waals surface area (Å²) in [7, 11) is 0. The van der Waals surface area contributed by atoms with E-state index >= 15 is 0 Å². The maximum absolute atomic E-state index is 10.7. The summed E-state index contributed by atoms with van der Waals surface area (Å²) >= 11 is 0. The number of benzene rings is 5. The molecule has 0 N–H and O–H groups in total. The number of nitriles is 1. The summed E-state index contributed by atoms with van der Waals surface area (Å²) in [5, 5.41) is 10.7. The van der Waals surface area contributed by atoms with Gasteiger partial charge in [-0.2, -0.15) is 5.26 Å². The van der Waals surface area contributed by atoms with Gasteiger partial charge in [0.25, 0.3) is 0 Å². The van der Waals surface area contributed by atoms with Crippen molar-refractivity contribution in [3.63, 3.8) is 0 Å². The van der Waals surface area contributed by atoms with Gasteiger partial charge in [-0.1, -0.05) is 91.0 Å². The molecule has 3 unspecified atom stereocenters. The van der Waals surface area contributed by atoms with Crippen LogP contribution in [0.25, 0.3) is 0 Å². The summed E-state index contributed by atoms with van der Waals surface area (Å²) in [5.74, 6) is 2.02. The summed E-state index contributed by atoms with van der Waals surface area (Å²) in [6.45, 7) is 4.71. The largest absolute Gasteiger partial charge is 0.489 e. The molecule has 0 fully saturated rings. The van der Waals surface area contributed by atoms with Crippen LogP contribution in [0, 0.1) is 11.3 Å². The third-order valence-electron chi connectivity index (χ3n) is 9.54. The third-order valence-corrected chi connectivity index (χ3v) is 9.54. The van der Waals surface area contributed by atoms with Gasteiger partial charge >= 0.3 is 0 Å². The maximum atomic E-state index is 10.7. The molecule has 0 saturated heterocycles. The van der Waals surface area contributed by atoms with Crippen molar-refractivity contribution in [3.8, 4) is 23.3 Å². The SMILES string of the molecule is CC(Oc1ccc(CN2c3ccc(OCc4ccccc4)cc3C(C#N)C2c2ccc(OCc3ccccc3)cc2)cc1)N1C=CCCCC1. The van der Waals surface area contributed by atoms with E-state index in [-0.39, 0.29) is 18.2 Å². The van der Waals surface area contributed by atoms with E-state index in [0.29, 0.717) is 19.8 Å². The highest BCUT2D eigenvalue weighted by molar-refractivity contribution is 5.67. The highest BCUT2D eigenvalue weighted by Crippen LogP contribution is 2.50. The lowest BCUT2D eigenvalue weighted by Crippen LogP contribution is -2.33. The summed E-state index contributed by atoms with van der Waals surface area (Å²) < 4.78 is 18.6. The first kappa shape index (κ1) is 32.9. The lowest BCUT2D eigenvalue weighted by Gasteiger charge is -2.30. The van der Waals surface area contributed by atoms with Crippen molar-refractivity contribution in [1.82, 2.24) is 4.90 Å². The van der Waals surface area contributed by atoms with E-state index in [1.165, 1.54) is 12.8 Å². The minimum Gasteiger partial charge on any atom is -0.489 e. The molecular formula is C44H43N3O3. The minimum absolute atomic E-state index is 0.0422. The normalized spacial score (nSPS) is 17.4. The van der Waals surface area contributed by atoms with E-state index in [1.807, 2.05) is 60.7 Å². The number of hydrogen-bond acceptors (Lipinski definition) is 6. The Morgan fingerprint density at radius 2 is 1.36 bits per heavy atom. The van der Waals surface area contributed by atoms with E-state index in [1.54, 1.807) is 0 Å². The number of ether oxygens (including phenoxy) is 3. The Hall–Kier alpha value is -5.67. The molecule has 6 nitrogen and oxygen atoms in total. The first-order chi connectivity index (χ1) is 24.6. The Labute approximate surface area is 295 Å². The van der Waals surface area contributed by atoms with Gasteiger partial charge in [-0.25, -0.2) is 0 Å². The van der Waals surface area contributed by atoms with Gasteiger partial charge in [0, 0.05) is 18.8 Å². The summed E-state index contributed by atoms with van der Waals surface area (Å²) in [6, 6.07) is 45.5. The van der Waals surface area contributed by atoms with E-state index in [9.17, 15) is 5.26 Å². The molecule has 2 heterocycles. The van der Waals surface area contributed by atoms with Crippen molar-refractivity contribution < 1.29 is 14.2 Å². The van der Waals surface area contributed by atoms with Gasteiger partial charge in [-0.15, -0.1) is 0 Å². The number of hydrogen-bond donors (Lipinski definition) is 0. The van der Waals surface area contributed by atoms with E-state index in [0.717, 1.165) is 63.7 Å². The molecular weight excluding hydrogens is 619 g/mol. The molecule has 0 spiro atoms. The summed E-state index contributed by atoms with van der Waals surface area (Å²) in [4.78, 5) is 4.62. The average molecular weight is 662 g/mol. The lowest BCUT2D eigenvalue weighted by molar-refractivity contribution is 0.0778. The molecule has 0 radical (unpaired) electrons. The number of fused-ring (bicyclic) bond motifs is 1. The number of allylic oxidation sites excluding steroid dienone is 1. The second kappa shape index (κ2) is 15.7. The fourth-order valence-corrected chi connectivity index (χ4v) is 6.85. The second-order valence-corrected chi connectivity index (χ2v) is 13.0. The highest BCUT2D eigenvalue weighted by Gasteiger charge is 2.40. The Morgan fingerprint density at radius 1 is 0.720 bits per heavy atom. The smallest absolute Gasteiger partial charge is 0.169 e. The van der Waals surface area contributed by atoms with Crippen molar-refractivity contribution in [1.29, 1.82) is 5.26 Å². The van der Waals surface area contributed by atoms with Crippen LogP contribution >= 0.6 is 0 Å². The van der Waals surface area contributed by atoms with Gasteiger partial charge in [0.1, 0.15) is 30.5 Å². The Kier molecular flexibility index (Phi) is 10.3. The van der Waals surface area contributed by atoms with Gasteiger partial charge in [0.05, 0.1) is 18.0 Å². The first-order valence-electron chi connectivity index (χ1n) is 17.6. The molecule has 0 amide bonds. The molecule has 0 bridgehead atoms. The fraction of sp³-hybridized carbons (Fsp3) is 0.250. The Bertz CT molecular complexity index is 1900. The van der Waals surface area contributed by atoms with Crippen molar-refractivity contribution in [3.05, 3.63) is 167 Å². The second-order valence-electron chi connectivity index (χ2n) is 13.0. The third kappa shape index (κ3) is 7.79. The Morgan fingerprint density at radius 3 is 2.04 bits per heavy atom. The number of anilines is 1. The molecule has 2 aliphatic heterocycles. The van der Waals surface area contributed by atoms with Crippen molar-refractivity contribution in [2.24, 2.45) is 0 Å². The maximum Gasteiger partial charge on any atom is 0.169 e. The minimum atomic E-state index is -0.383. The van der Waals surface area contributed by atoms with E-state index < -0.39 is 0 Å². The highest BCUT2D eigenvalue weighted by atomic mass is 16.5. The van der Waals surface area contributed by atoms with Crippen LogP contribution in [0.3, 0.4) is 0 Å². The molecule has 5 aromatic rings. The van der Waals surface area contributed by atoms with Gasteiger partial charge in [-0.05, 0) is 103 Å². The topological polar surface area (TPSA) is 58.0 Å². The van der Waals surface area contributed by atoms with Crippen LogP contribution in [0.1, 0.15) is 66.0 Å². The molecule has 0 aliphatic carbocycles. The monoisotopic (exact) mass is 661 g/mol. The predicted octanol–water partition coefficient (Wildman–Crippen LogP) is 9.94. The zero-order valence-corrected chi connectivity index (χ0v) is 28.5. The van der Waals surface area contributed by atoms with Crippen LogP contribution < -0.4 is 19.1 Å². The zero-order chi connectivity index (χ0) is 34.1. The van der Waals surface area contributed by atoms with Crippen LogP contribution in [0.15, 0.2) is 140 Å². The molecule has 6 heteroatoms. The van der Waals surface area contributed by atoms with Crippen molar-refractivity contribution >= 4 is 5.69 Å². The molecule has 50 heavy (non-hydrogen) atoms. The van der Waals surface area contributed by atoms with Gasteiger partial charge < -0.3 is 24.0 Å². The van der Waals surface area contributed by atoms with Gasteiger partial charge in [0.15, 0.2) is 6.23 Å². The van der Waals surface area contributed by atoms with E-state index in [2.05, 4.69) is 102 Å². The predicted molar refractivity (Wildman–Crippen MR) is 198 cm³/mol. The van der Waals surface area contributed by atoms with Crippen molar-refractivity contribution in [2.75, 3.05) is 11.4 Å². The van der Waals surface area contributed by atoms with Gasteiger partial charge in [-0.3, -0.25) is 0 Å². The Balaban J connectivity index is 1.12. The van der Waals surface area contributed by atoms with Crippen LogP contribution in [0.2, 0.25) is 0 Å². The van der Waals surface area contributed by atoms with Crippen LogP contribution in [0.4, 0.5) is 5.69 Å². The quantitative estimate of drug-likeness (QED) is 0.133. The molecule has 3 atom stereocenters. The van der Waals surface area contributed by atoms with Crippen LogP contribution in [0.5, 0.6) is 17.2 Å². The molecule has 5 aromatic carbocycles. The number of nitrogens with zero attached hydrogens (tertiary/aromatic N) is 3. The molecule has 252 valence electrons. The lowest BCUT2D eigenvalue weighted by atomic mass is 9.91. The molecule has 0 aromatic heterocycles. The molecule has 0 saturated carbocycles. The van der Waals surface area contributed by atoms with Crippen molar-refractivity contribution in [2.45, 2.75) is 64.1 Å². The molecule has 2 aliphatic rings. The average Bonchev–Trinajstić information content (AvgIpc) is 3.28.